The number of aromatic nitrogens is 1. The van der Waals surface area contributed by atoms with Gasteiger partial charge < -0.3 is 10.0 Å². The molecule has 2 rings (SSSR count). The van der Waals surface area contributed by atoms with E-state index in [0.29, 0.717) is 11.8 Å². The van der Waals surface area contributed by atoms with Crippen molar-refractivity contribution in [1.29, 1.82) is 0 Å². The smallest absolute Gasteiger partial charge is 0.0718 e. The van der Waals surface area contributed by atoms with Gasteiger partial charge in [0.2, 0.25) is 0 Å². The summed E-state index contributed by atoms with van der Waals surface area (Å²) in [6.45, 7) is 16.6. The standard InChI is InChI=1S/C18H30ClN3O/c1-12-14(3)22(20-6)17(16(12)19)13(2)15-7-9-21(10-8-15)11-18(4,5)23/h13,15,23H,6-11H2,1-5H3. The number of aliphatic hydroxyl groups is 1. The fraction of sp³-hybridized carbons (Fsp3) is 0.722. The Balaban J connectivity index is 2.10. The molecule has 130 valence electrons. The Bertz CT molecular complexity index is 566. The number of piperidine rings is 1. The highest BCUT2D eigenvalue weighted by Crippen LogP contribution is 2.39. The SMILES string of the molecule is C=Nn1c(C)c(C)c(Cl)c1C(C)C1CCN(CC(C)(C)O)CC1. The Hall–Kier alpha value is -0.840. The second kappa shape index (κ2) is 6.96. The molecule has 0 amide bonds. The van der Waals surface area contributed by atoms with E-state index in [-0.39, 0.29) is 0 Å². The van der Waals surface area contributed by atoms with Crippen LogP contribution in [-0.2, 0) is 0 Å². The highest BCUT2D eigenvalue weighted by molar-refractivity contribution is 6.32. The average Bonchev–Trinajstić information content (AvgIpc) is 2.69. The lowest BCUT2D eigenvalue weighted by Crippen LogP contribution is -2.43. The number of nitrogens with zero attached hydrogens (tertiary/aromatic N) is 3. The quantitative estimate of drug-likeness (QED) is 0.829. The zero-order chi connectivity index (χ0) is 17.4. The first kappa shape index (κ1) is 18.5. The third-order valence-corrected chi connectivity index (χ3v) is 5.64. The van der Waals surface area contributed by atoms with E-state index in [4.69, 9.17) is 11.6 Å². The van der Waals surface area contributed by atoms with Crippen molar-refractivity contribution < 1.29 is 5.11 Å². The van der Waals surface area contributed by atoms with E-state index in [1.807, 2.05) is 32.4 Å². The summed E-state index contributed by atoms with van der Waals surface area (Å²) in [5.74, 6) is 0.935. The molecule has 1 aromatic heterocycles. The molecule has 5 heteroatoms. The van der Waals surface area contributed by atoms with E-state index < -0.39 is 5.60 Å². The molecule has 0 radical (unpaired) electrons. The van der Waals surface area contributed by atoms with Crippen LogP contribution in [0.4, 0.5) is 0 Å². The van der Waals surface area contributed by atoms with Gasteiger partial charge in [0.1, 0.15) is 0 Å². The zero-order valence-corrected chi connectivity index (χ0v) is 15.8. The maximum absolute atomic E-state index is 9.98. The summed E-state index contributed by atoms with van der Waals surface area (Å²) in [5.41, 5.74) is 2.64. The van der Waals surface area contributed by atoms with Gasteiger partial charge >= 0.3 is 0 Å². The van der Waals surface area contributed by atoms with E-state index in [0.717, 1.165) is 54.4 Å². The molecule has 2 heterocycles. The molecule has 1 atom stereocenters. The molecule has 0 aromatic carbocycles. The largest absolute Gasteiger partial charge is 0.389 e. The lowest BCUT2D eigenvalue weighted by Gasteiger charge is -2.37. The molecule has 1 aliphatic heterocycles. The van der Waals surface area contributed by atoms with Gasteiger partial charge in [0.15, 0.2) is 0 Å². The molecule has 1 saturated heterocycles. The first-order chi connectivity index (χ1) is 10.7. The van der Waals surface area contributed by atoms with Gasteiger partial charge in [-0.2, -0.15) is 5.10 Å². The van der Waals surface area contributed by atoms with Crippen LogP contribution in [0.5, 0.6) is 0 Å². The van der Waals surface area contributed by atoms with Crippen LogP contribution in [0.25, 0.3) is 0 Å². The normalized spacial score (nSPS) is 19.1. The van der Waals surface area contributed by atoms with E-state index in [1.165, 1.54) is 0 Å². The number of halogens is 1. The summed E-state index contributed by atoms with van der Waals surface area (Å²) in [6.07, 6.45) is 2.24. The van der Waals surface area contributed by atoms with E-state index >= 15 is 0 Å². The topological polar surface area (TPSA) is 40.8 Å². The zero-order valence-electron chi connectivity index (χ0n) is 15.1. The molecule has 23 heavy (non-hydrogen) atoms. The molecule has 1 unspecified atom stereocenters. The second-order valence-electron chi connectivity index (χ2n) is 7.58. The predicted octanol–water partition coefficient (Wildman–Crippen LogP) is 3.81. The molecule has 0 spiro atoms. The van der Waals surface area contributed by atoms with Crippen LogP contribution in [0.15, 0.2) is 5.10 Å². The third kappa shape index (κ3) is 3.98. The van der Waals surface area contributed by atoms with Crippen LogP contribution in [0, 0.1) is 19.8 Å². The van der Waals surface area contributed by atoms with Crippen LogP contribution < -0.4 is 0 Å². The van der Waals surface area contributed by atoms with Crippen LogP contribution in [0.1, 0.15) is 56.5 Å². The van der Waals surface area contributed by atoms with Crippen LogP contribution in [0.3, 0.4) is 0 Å². The van der Waals surface area contributed by atoms with Gasteiger partial charge in [0.25, 0.3) is 0 Å². The number of rotatable bonds is 5. The number of β-amino-alcohol motifs (C(OH)–C–C–N with tert-alkyl or cyclic N) is 1. The summed E-state index contributed by atoms with van der Waals surface area (Å²) in [6, 6.07) is 0. The minimum absolute atomic E-state index is 0.352. The van der Waals surface area contributed by atoms with Crippen molar-refractivity contribution in [2.45, 2.75) is 59.0 Å². The molecular weight excluding hydrogens is 310 g/mol. The summed E-state index contributed by atoms with van der Waals surface area (Å²) in [7, 11) is 0. The Morgan fingerprint density at radius 3 is 2.39 bits per heavy atom. The van der Waals surface area contributed by atoms with E-state index in [1.54, 1.807) is 0 Å². The summed E-state index contributed by atoms with van der Waals surface area (Å²) < 4.78 is 1.91. The molecule has 4 nitrogen and oxygen atoms in total. The van der Waals surface area contributed by atoms with Gasteiger partial charge in [-0.3, -0.25) is 0 Å². The maximum Gasteiger partial charge on any atom is 0.0718 e. The van der Waals surface area contributed by atoms with Crippen molar-refractivity contribution in [1.82, 2.24) is 9.58 Å². The molecule has 1 aliphatic rings. The lowest BCUT2D eigenvalue weighted by molar-refractivity contribution is 0.0229. The first-order valence-corrected chi connectivity index (χ1v) is 8.82. The van der Waals surface area contributed by atoms with Gasteiger partial charge in [-0.25, -0.2) is 4.68 Å². The highest BCUT2D eigenvalue weighted by Gasteiger charge is 2.31. The lowest BCUT2D eigenvalue weighted by atomic mass is 9.83. The van der Waals surface area contributed by atoms with Crippen LogP contribution in [-0.4, -0.2) is 46.6 Å². The van der Waals surface area contributed by atoms with Crippen molar-refractivity contribution in [3.05, 3.63) is 22.0 Å². The molecule has 1 aromatic rings. The van der Waals surface area contributed by atoms with Gasteiger partial charge in [-0.05, 0) is 65.1 Å². The summed E-state index contributed by atoms with van der Waals surface area (Å²) in [4.78, 5) is 2.35. The molecular formula is C18H30ClN3O. The van der Waals surface area contributed by atoms with Crippen molar-refractivity contribution in [2.75, 3.05) is 19.6 Å². The molecule has 0 bridgehead atoms. The Morgan fingerprint density at radius 1 is 1.35 bits per heavy atom. The van der Waals surface area contributed by atoms with Gasteiger partial charge in [0, 0.05) is 24.9 Å². The molecule has 1 fully saturated rings. The number of hydrogen-bond acceptors (Lipinski definition) is 3. The van der Waals surface area contributed by atoms with Gasteiger partial charge in [0.05, 0.1) is 16.3 Å². The Kier molecular flexibility index (Phi) is 5.59. The van der Waals surface area contributed by atoms with Crippen LogP contribution >= 0.6 is 11.6 Å². The van der Waals surface area contributed by atoms with Crippen molar-refractivity contribution >= 4 is 18.3 Å². The summed E-state index contributed by atoms with van der Waals surface area (Å²) >= 11 is 6.58. The first-order valence-electron chi connectivity index (χ1n) is 8.44. The third-order valence-electron chi connectivity index (χ3n) is 5.17. The van der Waals surface area contributed by atoms with Gasteiger partial charge in [-0.15, -0.1) is 0 Å². The molecule has 0 saturated carbocycles. The molecule has 0 aliphatic carbocycles. The second-order valence-corrected chi connectivity index (χ2v) is 7.96. The minimum atomic E-state index is -0.628. The Morgan fingerprint density at radius 2 is 1.91 bits per heavy atom. The monoisotopic (exact) mass is 339 g/mol. The Labute approximate surface area is 145 Å². The van der Waals surface area contributed by atoms with E-state index in [2.05, 4.69) is 23.6 Å². The fourth-order valence-corrected chi connectivity index (χ4v) is 4.13. The van der Waals surface area contributed by atoms with Crippen molar-refractivity contribution in [3.8, 4) is 0 Å². The molecule has 1 N–H and O–H groups in total. The van der Waals surface area contributed by atoms with Crippen LogP contribution in [0.2, 0.25) is 5.02 Å². The number of likely N-dealkylation sites (tertiary alicyclic amines) is 1. The minimum Gasteiger partial charge on any atom is -0.389 e. The number of hydrogen-bond donors (Lipinski definition) is 1. The van der Waals surface area contributed by atoms with Crippen molar-refractivity contribution in [3.63, 3.8) is 0 Å². The maximum atomic E-state index is 9.98. The highest BCUT2D eigenvalue weighted by atomic mass is 35.5. The summed E-state index contributed by atoms with van der Waals surface area (Å²) in [5, 5.41) is 15.0. The van der Waals surface area contributed by atoms with Gasteiger partial charge in [-0.1, -0.05) is 18.5 Å². The predicted molar refractivity (Wildman–Crippen MR) is 97.7 cm³/mol. The average molecular weight is 340 g/mol. The fourth-order valence-electron chi connectivity index (χ4n) is 3.74. The van der Waals surface area contributed by atoms with E-state index in [9.17, 15) is 5.11 Å². The van der Waals surface area contributed by atoms with Crippen molar-refractivity contribution in [2.24, 2.45) is 11.0 Å².